The second-order valence-electron chi connectivity index (χ2n) is 3.61. The van der Waals surface area contributed by atoms with Crippen LogP contribution in [0.5, 0.6) is 0 Å². The lowest BCUT2D eigenvalue weighted by Gasteiger charge is -2.16. The number of nitrogens with one attached hydrogen (secondary N) is 1. The minimum atomic E-state index is -0.296. The van der Waals surface area contributed by atoms with E-state index in [4.69, 9.17) is 0 Å². The molecule has 2 aromatic heterocycles. The van der Waals surface area contributed by atoms with Gasteiger partial charge in [0.2, 0.25) is 0 Å². The van der Waals surface area contributed by atoms with E-state index in [2.05, 4.69) is 44.3 Å². The number of hydrogen-bond donors (Lipinski definition) is 1. The molecule has 0 saturated heterocycles. The number of thiophene rings is 1. The fraction of sp³-hybridized carbons (Fsp3) is 0.250. The van der Waals surface area contributed by atoms with Crippen LogP contribution in [0.4, 0.5) is 4.39 Å². The van der Waals surface area contributed by atoms with Crippen LogP contribution in [0.3, 0.4) is 0 Å². The predicted molar refractivity (Wildman–Crippen MR) is 76.8 cm³/mol. The molecule has 0 fully saturated rings. The maximum atomic E-state index is 13.2. The quantitative estimate of drug-likeness (QED) is 0.841. The Labute approximate surface area is 117 Å². The molecule has 1 atom stereocenters. The Bertz CT molecular complexity index is 501. The van der Waals surface area contributed by atoms with E-state index < -0.39 is 0 Å². The smallest absolute Gasteiger partial charge is 0.141 e. The van der Waals surface area contributed by atoms with Crippen molar-refractivity contribution in [2.45, 2.75) is 13.0 Å². The summed E-state index contributed by atoms with van der Waals surface area (Å²) in [5, 5.41) is 5.45. The fourth-order valence-corrected chi connectivity index (χ4v) is 3.09. The van der Waals surface area contributed by atoms with Gasteiger partial charge in [0.05, 0.1) is 15.1 Å². The van der Waals surface area contributed by atoms with Gasteiger partial charge in [-0.2, -0.15) is 0 Å². The molecule has 0 spiro atoms. The first kappa shape index (κ1) is 12.9. The monoisotopic (exact) mass is 362 g/mol. The van der Waals surface area contributed by atoms with Crippen molar-refractivity contribution < 1.29 is 4.39 Å². The highest BCUT2D eigenvalue weighted by atomic mass is 127. The van der Waals surface area contributed by atoms with Gasteiger partial charge in [0.25, 0.3) is 0 Å². The van der Waals surface area contributed by atoms with Crippen molar-refractivity contribution in [1.82, 2.24) is 10.3 Å². The molecule has 0 aliphatic rings. The van der Waals surface area contributed by atoms with Gasteiger partial charge in [-0.15, -0.1) is 11.3 Å². The van der Waals surface area contributed by atoms with E-state index in [0.29, 0.717) is 0 Å². The summed E-state index contributed by atoms with van der Waals surface area (Å²) in [5.74, 6) is -0.296. The Morgan fingerprint density at radius 1 is 1.41 bits per heavy atom. The summed E-state index contributed by atoms with van der Waals surface area (Å²) in [7, 11) is 0. The molecule has 2 aromatic rings. The maximum Gasteiger partial charge on any atom is 0.141 e. The maximum absolute atomic E-state index is 13.2. The van der Waals surface area contributed by atoms with Gasteiger partial charge >= 0.3 is 0 Å². The lowest BCUT2D eigenvalue weighted by atomic mass is 10.0. The zero-order chi connectivity index (χ0) is 12.3. The third-order valence-electron chi connectivity index (χ3n) is 2.39. The Balaban J connectivity index is 2.35. The molecule has 0 bridgehead atoms. The molecule has 2 rings (SSSR count). The third-order valence-corrected chi connectivity index (χ3v) is 4.20. The molecule has 0 amide bonds. The summed E-state index contributed by atoms with van der Waals surface area (Å²) in [6.45, 7) is 2.87. The van der Waals surface area contributed by atoms with Crippen molar-refractivity contribution in [3.05, 3.63) is 49.7 Å². The highest BCUT2D eigenvalue weighted by molar-refractivity contribution is 14.1. The summed E-state index contributed by atoms with van der Waals surface area (Å²) in [6.07, 6.45) is 2.94. The van der Waals surface area contributed by atoms with Gasteiger partial charge in [-0.3, -0.25) is 4.98 Å². The Morgan fingerprint density at radius 3 is 2.82 bits per heavy atom. The number of rotatable bonds is 4. The van der Waals surface area contributed by atoms with Crippen LogP contribution < -0.4 is 5.32 Å². The third kappa shape index (κ3) is 3.23. The molecule has 5 heteroatoms. The highest BCUT2D eigenvalue weighted by Gasteiger charge is 2.15. The number of hydrogen-bond acceptors (Lipinski definition) is 3. The predicted octanol–water partition coefficient (Wildman–Crippen LogP) is 3.59. The minimum absolute atomic E-state index is 0.0166. The van der Waals surface area contributed by atoms with Crippen molar-refractivity contribution in [2.24, 2.45) is 0 Å². The number of pyridine rings is 1. The molecule has 2 nitrogen and oxygen atoms in total. The summed E-state index contributed by atoms with van der Waals surface area (Å²) in [6, 6.07) is 3.66. The van der Waals surface area contributed by atoms with Crippen molar-refractivity contribution >= 4 is 33.9 Å². The number of aromatic nitrogens is 1. The van der Waals surface area contributed by atoms with E-state index in [1.807, 2.05) is 6.92 Å². The van der Waals surface area contributed by atoms with Crippen LogP contribution in [0.15, 0.2) is 29.9 Å². The molecular formula is C12H12FIN2S. The van der Waals surface area contributed by atoms with Crippen LogP contribution in [0.25, 0.3) is 0 Å². The summed E-state index contributed by atoms with van der Waals surface area (Å²) >= 11 is 3.98. The van der Waals surface area contributed by atoms with E-state index in [1.54, 1.807) is 17.5 Å². The first-order valence-electron chi connectivity index (χ1n) is 5.28. The Morgan fingerprint density at radius 2 is 2.24 bits per heavy atom. The molecule has 0 aromatic carbocycles. The molecule has 0 aliphatic carbocycles. The normalized spacial score (nSPS) is 12.6. The van der Waals surface area contributed by atoms with E-state index in [9.17, 15) is 4.39 Å². The molecule has 17 heavy (non-hydrogen) atoms. The van der Waals surface area contributed by atoms with Crippen molar-refractivity contribution in [1.29, 1.82) is 0 Å². The van der Waals surface area contributed by atoms with Crippen molar-refractivity contribution in [3.63, 3.8) is 0 Å². The van der Waals surface area contributed by atoms with E-state index in [1.165, 1.54) is 15.1 Å². The van der Waals surface area contributed by atoms with Crippen LogP contribution in [0, 0.1) is 8.70 Å². The highest BCUT2D eigenvalue weighted by Crippen LogP contribution is 2.27. The molecule has 90 valence electrons. The SMILES string of the molecule is CCNC(c1cncc(F)c1)c1csc(I)c1. The zero-order valence-corrected chi connectivity index (χ0v) is 12.3. The first-order valence-corrected chi connectivity index (χ1v) is 7.24. The van der Waals surface area contributed by atoms with Gasteiger partial charge in [-0.05, 0) is 57.8 Å². The first-order chi connectivity index (χ1) is 8.20. The van der Waals surface area contributed by atoms with E-state index >= 15 is 0 Å². The molecule has 1 unspecified atom stereocenters. The fourth-order valence-electron chi connectivity index (χ4n) is 1.69. The van der Waals surface area contributed by atoms with Gasteiger partial charge in [0.1, 0.15) is 5.82 Å². The summed E-state index contributed by atoms with van der Waals surface area (Å²) in [5.41, 5.74) is 2.02. The molecule has 1 N–H and O–H groups in total. The standard InChI is InChI=1S/C12H12FIN2S/c1-2-16-12(9-4-11(14)17-7-9)8-3-10(13)6-15-5-8/h3-7,12,16H,2H2,1H3. The molecule has 0 radical (unpaired) electrons. The molecule has 0 aliphatic heterocycles. The average Bonchev–Trinajstić information content (AvgIpc) is 2.72. The van der Waals surface area contributed by atoms with Crippen LogP contribution >= 0.6 is 33.9 Å². The summed E-state index contributed by atoms with van der Waals surface area (Å²) < 4.78 is 14.4. The van der Waals surface area contributed by atoms with Crippen LogP contribution in [0.2, 0.25) is 0 Å². The van der Waals surface area contributed by atoms with Crippen molar-refractivity contribution in [3.8, 4) is 0 Å². The second kappa shape index (κ2) is 5.88. The molecular weight excluding hydrogens is 350 g/mol. The lowest BCUT2D eigenvalue weighted by molar-refractivity contribution is 0.596. The van der Waals surface area contributed by atoms with Gasteiger partial charge < -0.3 is 5.32 Å². The van der Waals surface area contributed by atoms with Crippen LogP contribution in [0.1, 0.15) is 24.1 Å². The molecule has 2 heterocycles. The Kier molecular flexibility index (Phi) is 4.47. The second-order valence-corrected chi connectivity index (χ2v) is 6.42. The van der Waals surface area contributed by atoms with Gasteiger partial charge in [-0.1, -0.05) is 6.92 Å². The van der Waals surface area contributed by atoms with Gasteiger partial charge in [0.15, 0.2) is 0 Å². The average molecular weight is 362 g/mol. The summed E-state index contributed by atoms with van der Waals surface area (Å²) in [4.78, 5) is 3.91. The number of halogens is 2. The Hall–Kier alpha value is -0.530. The van der Waals surface area contributed by atoms with Crippen LogP contribution in [-0.2, 0) is 0 Å². The van der Waals surface area contributed by atoms with E-state index in [-0.39, 0.29) is 11.9 Å². The van der Waals surface area contributed by atoms with E-state index in [0.717, 1.165) is 17.7 Å². The van der Waals surface area contributed by atoms with Crippen molar-refractivity contribution in [2.75, 3.05) is 6.54 Å². The van der Waals surface area contributed by atoms with Gasteiger partial charge in [0, 0.05) is 6.20 Å². The largest absolute Gasteiger partial charge is 0.306 e. The number of nitrogens with zero attached hydrogens (tertiary/aromatic N) is 1. The van der Waals surface area contributed by atoms with Gasteiger partial charge in [-0.25, -0.2) is 4.39 Å². The minimum Gasteiger partial charge on any atom is -0.306 e. The van der Waals surface area contributed by atoms with Crippen LogP contribution in [-0.4, -0.2) is 11.5 Å². The topological polar surface area (TPSA) is 24.9 Å². The lowest BCUT2D eigenvalue weighted by Crippen LogP contribution is -2.21. The zero-order valence-electron chi connectivity index (χ0n) is 9.28. The molecule has 0 saturated carbocycles.